The molecule has 7 heteroatoms. The number of aliphatic carboxylic acids is 2. The highest BCUT2D eigenvalue weighted by molar-refractivity contribution is 5.86. The van der Waals surface area contributed by atoms with Crippen LogP contribution in [0.25, 0.3) is 0 Å². The molecule has 1 atom stereocenters. The highest BCUT2D eigenvalue weighted by atomic mass is 16.4. The average molecular weight is 286 g/mol. The molecular formula is C13H22N2O5. The van der Waals surface area contributed by atoms with Gasteiger partial charge in [-0.2, -0.15) is 0 Å². The molecule has 1 heterocycles. The van der Waals surface area contributed by atoms with Crippen molar-refractivity contribution in [3.05, 3.63) is 0 Å². The molecule has 0 aromatic carbocycles. The summed E-state index contributed by atoms with van der Waals surface area (Å²) in [5.41, 5.74) is 0. The Kier molecular flexibility index (Phi) is 5.79. The predicted octanol–water partition coefficient (Wildman–Crippen LogP) is 0.992. The maximum atomic E-state index is 11.9. The Labute approximate surface area is 117 Å². The van der Waals surface area contributed by atoms with E-state index in [0.717, 1.165) is 12.8 Å². The molecule has 1 unspecified atom stereocenters. The van der Waals surface area contributed by atoms with Gasteiger partial charge in [0.25, 0.3) is 0 Å². The van der Waals surface area contributed by atoms with Crippen molar-refractivity contribution >= 4 is 18.0 Å². The Bertz CT molecular complexity index is 375. The molecule has 3 N–H and O–H groups in total. The van der Waals surface area contributed by atoms with Crippen LogP contribution in [-0.4, -0.2) is 52.2 Å². The first-order valence-corrected chi connectivity index (χ1v) is 6.81. The number of nitrogens with zero attached hydrogens (tertiary/aromatic N) is 1. The summed E-state index contributed by atoms with van der Waals surface area (Å²) < 4.78 is 0. The van der Waals surface area contributed by atoms with Crippen LogP contribution in [0.5, 0.6) is 0 Å². The Morgan fingerprint density at radius 1 is 1.20 bits per heavy atom. The second-order valence-corrected chi connectivity index (χ2v) is 5.51. The molecule has 114 valence electrons. The van der Waals surface area contributed by atoms with Gasteiger partial charge in [0, 0.05) is 13.1 Å². The summed E-state index contributed by atoms with van der Waals surface area (Å²) >= 11 is 0. The Balaban J connectivity index is 2.50. The number of carboxylic acid groups (broad SMARTS) is 2. The Hall–Kier alpha value is -1.79. The highest BCUT2D eigenvalue weighted by Gasteiger charge is 2.28. The van der Waals surface area contributed by atoms with Gasteiger partial charge in [-0.1, -0.05) is 13.8 Å². The number of rotatable bonds is 5. The van der Waals surface area contributed by atoms with Gasteiger partial charge in [0.15, 0.2) is 0 Å². The zero-order chi connectivity index (χ0) is 15.3. The molecule has 1 aliphatic heterocycles. The Morgan fingerprint density at radius 3 is 2.15 bits per heavy atom. The van der Waals surface area contributed by atoms with Gasteiger partial charge in [-0.3, -0.25) is 4.79 Å². The standard InChI is InChI=1S/C13H22N2O5/c1-8(2)9-3-5-15(6-4-9)13(20)14-10(12(18)19)7-11(16)17/h8-10H,3-7H2,1-2H3,(H,14,20)(H,16,17)(H,18,19). The minimum absolute atomic E-state index is 0.499. The van der Waals surface area contributed by atoms with Crippen LogP contribution in [0.15, 0.2) is 0 Å². The molecule has 1 rings (SSSR count). The molecule has 0 saturated carbocycles. The fourth-order valence-electron chi connectivity index (χ4n) is 2.38. The van der Waals surface area contributed by atoms with Crippen LogP contribution in [-0.2, 0) is 9.59 Å². The van der Waals surface area contributed by atoms with Gasteiger partial charge in [-0.15, -0.1) is 0 Å². The minimum atomic E-state index is -1.39. The second-order valence-electron chi connectivity index (χ2n) is 5.51. The van der Waals surface area contributed by atoms with E-state index in [1.165, 1.54) is 0 Å². The van der Waals surface area contributed by atoms with Gasteiger partial charge in [-0.25, -0.2) is 9.59 Å². The van der Waals surface area contributed by atoms with Crippen LogP contribution < -0.4 is 5.32 Å². The van der Waals surface area contributed by atoms with Crippen molar-refractivity contribution in [3.8, 4) is 0 Å². The zero-order valence-electron chi connectivity index (χ0n) is 11.8. The average Bonchev–Trinajstić information content (AvgIpc) is 2.37. The molecule has 0 aliphatic carbocycles. The molecule has 1 aliphatic rings. The number of amides is 2. The number of nitrogens with one attached hydrogen (secondary N) is 1. The summed E-state index contributed by atoms with van der Waals surface area (Å²) in [6.07, 6.45) is 1.16. The van der Waals surface area contributed by atoms with E-state index in [9.17, 15) is 14.4 Å². The molecule has 20 heavy (non-hydrogen) atoms. The largest absolute Gasteiger partial charge is 0.481 e. The van der Waals surface area contributed by atoms with E-state index in [0.29, 0.717) is 24.9 Å². The van der Waals surface area contributed by atoms with E-state index in [1.807, 2.05) is 0 Å². The second kappa shape index (κ2) is 7.12. The molecule has 7 nitrogen and oxygen atoms in total. The predicted molar refractivity (Wildman–Crippen MR) is 71.3 cm³/mol. The minimum Gasteiger partial charge on any atom is -0.481 e. The number of carbonyl (C=O) groups is 3. The smallest absolute Gasteiger partial charge is 0.326 e. The van der Waals surface area contributed by atoms with Crippen LogP contribution in [0.3, 0.4) is 0 Å². The van der Waals surface area contributed by atoms with Crippen molar-refractivity contribution in [2.45, 2.75) is 39.2 Å². The summed E-state index contributed by atoms with van der Waals surface area (Å²) in [6.45, 7) is 5.45. The lowest BCUT2D eigenvalue weighted by atomic mass is 9.87. The van der Waals surface area contributed by atoms with Gasteiger partial charge in [0.2, 0.25) is 0 Å². The van der Waals surface area contributed by atoms with Crippen molar-refractivity contribution in [3.63, 3.8) is 0 Å². The molecule has 0 spiro atoms. The molecule has 0 aromatic heterocycles. The fourth-order valence-corrected chi connectivity index (χ4v) is 2.38. The van der Waals surface area contributed by atoms with Gasteiger partial charge >= 0.3 is 18.0 Å². The number of hydrogen-bond acceptors (Lipinski definition) is 3. The van der Waals surface area contributed by atoms with Gasteiger partial charge in [0.1, 0.15) is 6.04 Å². The topological polar surface area (TPSA) is 107 Å². The molecule has 1 saturated heterocycles. The number of hydrogen-bond donors (Lipinski definition) is 3. The monoisotopic (exact) mass is 286 g/mol. The van der Waals surface area contributed by atoms with Crippen molar-refractivity contribution in [2.75, 3.05) is 13.1 Å². The van der Waals surface area contributed by atoms with E-state index in [4.69, 9.17) is 10.2 Å². The van der Waals surface area contributed by atoms with E-state index < -0.39 is 30.4 Å². The summed E-state index contributed by atoms with van der Waals surface area (Å²) in [5.74, 6) is -1.44. The van der Waals surface area contributed by atoms with Crippen LogP contribution in [0.4, 0.5) is 4.79 Å². The van der Waals surface area contributed by atoms with Gasteiger partial charge in [-0.05, 0) is 24.7 Å². The lowest BCUT2D eigenvalue weighted by Crippen LogP contribution is -2.51. The van der Waals surface area contributed by atoms with E-state index >= 15 is 0 Å². The molecule has 0 radical (unpaired) electrons. The third-order valence-corrected chi connectivity index (χ3v) is 3.74. The third kappa shape index (κ3) is 4.71. The maximum Gasteiger partial charge on any atom is 0.326 e. The first-order chi connectivity index (χ1) is 9.31. The maximum absolute atomic E-state index is 11.9. The number of likely N-dealkylation sites (tertiary alicyclic amines) is 1. The number of carboxylic acids is 2. The van der Waals surface area contributed by atoms with Crippen molar-refractivity contribution in [2.24, 2.45) is 11.8 Å². The molecular weight excluding hydrogens is 264 g/mol. The molecule has 0 bridgehead atoms. The SMILES string of the molecule is CC(C)C1CCN(C(=O)NC(CC(=O)O)C(=O)O)CC1. The summed E-state index contributed by atoms with van der Waals surface area (Å²) in [4.78, 5) is 34.9. The first-order valence-electron chi connectivity index (χ1n) is 6.81. The first kappa shape index (κ1) is 16.3. The molecule has 1 fully saturated rings. The highest BCUT2D eigenvalue weighted by Crippen LogP contribution is 2.24. The molecule has 0 aromatic rings. The lowest BCUT2D eigenvalue weighted by Gasteiger charge is -2.34. The summed E-state index contributed by atoms with van der Waals surface area (Å²) in [6, 6.07) is -1.89. The van der Waals surface area contributed by atoms with Crippen molar-refractivity contribution in [1.82, 2.24) is 10.2 Å². The van der Waals surface area contributed by atoms with Gasteiger partial charge < -0.3 is 20.4 Å². The van der Waals surface area contributed by atoms with Crippen LogP contribution >= 0.6 is 0 Å². The third-order valence-electron chi connectivity index (χ3n) is 3.74. The number of piperidine rings is 1. The van der Waals surface area contributed by atoms with Crippen molar-refractivity contribution < 1.29 is 24.6 Å². The van der Waals surface area contributed by atoms with Crippen LogP contribution in [0.1, 0.15) is 33.1 Å². The summed E-state index contributed by atoms with van der Waals surface area (Å²) in [5, 5.41) is 19.8. The van der Waals surface area contributed by atoms with Crippen molar-refractivity contribution in [1.29, 1.82) is 0 Å². The lowest BCUT2D eigenvalue weighted by molar-refractivity contribution is -0.145. The van der Waals surface area contributed by atoms with E-state index in [-0.39, 0.29) is 0 Å². The quantitative estimate of drug-likeness (QED) is 0.698. The number of carbonyl (C=O) groups excluding carboxylic acids is 1. The zero-order valence-corrected chi connectivity index (χ0v) is 11.8. The van der Waals surface area contributed by atoms with Crippen LogP contribution in [0, 0.1) is 11.8 Å². The van der Waals surface area contributed by atoms with E-state index in [1.54, 1.807) is 4.90 Å². The fraction of sp³-hybridized carbons (Fsp3) is 0.769. The Morgan fingerprint density at radius 2 is 1.75 bits per heavy atom. The van der Waals surface area contributed by atoms with E-state index in [2.05, 4.69) is 19.2 Å². The number of urea groups is 1. The van der Waals surface area contributed by atoms with Gasteiger partial charge in [0.05, 0.1) is 6.42 Å². The van der Waals surface area contributed by atoms with Crippen LogP contribution in [0.2, 0.25) is 0 Å². The normalized spacial score (nSPS) is 17.9. The molecule has 2 amide bonds. The summed E-state index contributed by atoms with van der Waals surface area (Å²) in [7, 11) is 0.